The van der Waals surface area contributed by atoms with Gasteiger partial charge < -0.3 is 9.47 Å². The van der Waals surface area contributed by atoms with Crippen LogP contribution in [0.1, 0.15) is 22.8 Å². The number of hydrogen-bond donors (Lipinski definition) is 0. The second kappa shape index (κ2) is 7.64. The quantitative estimate of drug-likeness (QED) is 0.533. The van der Waals surface area contributed by atoms with Gasteiger partial charge in [0.15, 0.2) is 0 Å². The molecule has 0 N–H and O–H groups in total. The zero-order valence-electron chi connectivity index (χ0n) is 11.8. The van der Waals surface area contributed by atoms with Gasteiger partial charge in [0.25, 0.3) is 0 Å². The minimum Gasteiger partial charge on any atom is -0.497 e. The fourth-order valence-electron chi connectivity index (χ4n) is 1.97. The Kier molecular flexibility index (Phi) is 5.86. The molecule has 0 saturated heterocycles. The van der Waals surface area contributed by atoms with E-state index in [9.17, 15) is 0 Å². The van der Waals surface area contributed by atoms with Gasteiger partial charge in [0.1, 0.15) is 5.75 Å². The number of benzene rings is 2. The number of halogens is 1. The van der Waals surface area contributed by atoms with Crippen LogP contribution in [0.2, 0.25) is 0 Å². The highest BCUT2D eigenvalue weighted by Crippen LogP contribution is 2.23. The van der Waals surface area contributed by atoms with Gasteiger partial charge in [0, 0.05) is 4.43 Å². The van der Waals surface area contributed by atoms with E-state index in [0.29, 0.717) is 6.61 Å². The molecule has 106 valence electrons. The predicted octanol–water partition coefficient (Wildman–Crippen LogP) is 4.70. The molecule has 0 saturated carbocycles. The van der Waals surface area contributed by atoms with E-state index in [2.05, 4.69) is 59.8 Å². The van der Waals surface area contributed by atoms with Crippen molar-refractivity contribution < 1.29 is 9.47 Å². The Labute approximate surface area is 134 Å². The van der Waals surface area contributed by atoms with Crippen LogP contribution >= 0.6 is 22.6 Å². The molecule has 2 aromatic carbocycles. The average molecular weight is 382 g/mol. The van der Waals surface area contributed by atoms with Crippen molar-refractivity contribution in [2.45, 2.75) is 19.6 Å². The van der Waals surface area contributed by atoms with Crippen LogP contribution in [0.15, 0.2) is 48.5 Å². The van der Waals surface area contributed by atoms with Crippen LogP contribution in [-0.4, -0.2) is 11.5 Å². The molecule has 0 fully saturated rings. The number of methoxy groups -OCH3 is 1. The lowest BCUT2D eigenvalue weighted by atomic mass is 10.1. The molecule has 0 spiro atoms. The molecule has 20 heavy (non-hydrogen) atoms. The van der Waals surface area contributed by atoms with Crippen molar-refractivity contribution >= 4 is 22.6 Å². The lowest BCUT2D eigenvalue weighted by Gasteiger charge is -2.16. The van der Waals surface area contributed by atoms with Gasteiger partial charge in [-0.05, 0) is 30.2 Å². The van der Waals surface area contributed by atoms with E-state index in [1.165, 1.54) is 11.1 Å². The maximum absolute atomic E-state index is 6.04. The summed E-state index contributed by atoms with van der Waals surface area (Å²) < 4.78 is 12.2. The van der Waals surface area contributed by atoms with Crippen LogP contribution in [0.25, 0.3) is 0 Å². The van der Waals surface area contributed by atoms with Crippen LogP contribution in [-0.2, 0) is 11.3 Å². The summed E-state index contributed by atoms with van der Waals surface area (Å²) in [6, 6.07) is 16.5. The van der Waals surface area contributed by atoms with Crippen molar-refractivity contribution in [3.8, 4) is 5.75 Å². The summed E-state index contributed by atoms with van der Waals surface area (Å²) in [4.78, 5) is 0. The largest absolute Gasteiger partial charge is 0.497 e. The summed E-state index contributed by atoms with van der Waals surface area (Å²) in [7, 11) is 1.68. The fraction of sp³-hybridized carbons (Fsp3) is 0.294. The van der Waals surface area contributed by atoms with E-state index in [4.69, 9.17) is 9.47 Å². The highest BCUT2D eigenvalue weighted by Gasteiger charge is 2.10. The Morgan fingerprint density at radius 3 is 2.50 bits per heavy atom. The summed E-state index contributed by atoms with van der Waals surface area (Å²) in [5.74, 6) is 0.868. The maximum atomic E-state index is 6.04. The molecule has 2 rings (SSSR count). The van der Waals surface area contributed by atoms with E-state index in [-0.39, 0.29) is 6.10 Å². The van der Waals surface area contributed by atoms with Gasteiger partial charge in [-0.3, -0.25) is 0 Å². The normalized spacial score (nSPS) is 12.2. The lowest BCUT2D eigenvalue weighted by Crippen LogP contribution is -2.06. The smallest absolute Gasteiger partial charge is 0.119 e. The highest BCUT2D eigenvalue weighted by atomic mass is 127. The Bertz CT molecular complexity index is 537. The molecule has 0 amide bonds. The number of ether oxygens (including phenoxy) is 2. The first-order valence-corrected chi connectivity index (χ1v) is 8.12. The van der Waals surface area contributed by atoms with Crippen LogP contribution in [0.5, 0.6) is 5.75 Å². The van der Waals surface area contributed by atoms with Crippen molar-refractivity contribution in [1.82, 2.24) is 0 Å². The molecule has 0 aliphatic rings. The van der Waals surface area contributed by atoms with E-state index >= 15 is 0 Å². The fourth-order valence-corrected chi connectivity index (χ4v) is 2.73. The molecule has 2 aromatic rings. The number of aryl methyl sites for hydroxylation is 1. The monoisotopic (exact) mass is 382 g/mol. The molecule has 2 nitrogen and oxygen atoms in total. The molecule has 0 heterocycles. The Morgan fingerprint density at radius 1 is 1.10 bits per heavy atom. The van der Waals surface area contributed by atoms with Gasteiger partial charge in [0.05, 0.1) is 19.8 Å². The number of rotatable bonds is 6. The van der Waals surface area contributed by atoms with Gasteiger partial charge in [0.2, 0.25) is 0 Å². The molecule has 1 atom stereocenters. The third-order valence-corrected chi connectivity index (χ3v) is 3.97. The average Bonchev–Trinajstić information content (AvgIpc) is 2.50. The second-order valence-electron chi connectivity index (χ2n) is 4.72. The number of hydrogen-bond acceptors (Lipinski definition) is 2. The Balaban J connectivity index is 2.01. The summed E-state index contributed by atoms with van der Waals surface area (Å²) in [5, 5.41) is 0. The molecular weight excluding hydrogens is 363 g/mol. The first-order chi connectivity index (χ1) is 9.72. The van der Waals surface area contributed by atoms with Crippen molar-refractivity contribution in [3.05, 3.63) is 65.2 Å². The minimum absolute atomic E-state index is 0.127. The molecule has 3 heteroatoms. The van der Waals surface area contributed by atoms with E-state index < -0.39 is 0 Å². The SMILES string of the molecule is COc1cccc(COC(CI)c2ccc(C)cc2)c1. The van der Waals surface area contributed by atoms with Crippen molar-refractivity contribution in [3.63, 3.8) is 0 Å². The summed E-state index contributed by atoms with van der Waals surface area (Å²) >= 11 is 2.37. The Morgan fingerprint density at radius 2 is 1.85 bits per heavy atom. The number of alkyl halides is 1. The molecule has 0 aromatic heterocycles. The summed E-state index contributed by atoms with van der Waals surface area (Å²) in [6.07, 6.45) is 0.127. The minimum atomic E-state index is 0.127. The van der Waals surface area contributed by atoms with E-state index in [0.717, 1.165) is 15.7 Å². The van der Waals surface area contributed by atoms with Gasteiger partial charge in [-0.2, -0.15) is 0 Å². The highest BCUT2D eigenvalue weighted by molar-refractivity contribution is 14.1. The Hall–Kier alpha value is -1.07. The van der Waals surface area contributed by atoms with E-state index in [1.54, 1.807) is 7.11 Å². The summed E-state index contributed by atoms with van der Waals surface area (Å²) in [5.41, 5.74) is 3.63. The van der Waals surface area contributed by atoms with Gasteiger partial charge in [-0.25, -0.2) is 0 Å². The van der Waals surface area contributed by atoms with Gasteiger partial charge >= 0.3 is 0 Å². The first kappa shape index (κ1) is 15.3. The van der Waals surface area contributed by atoms with Crippen molar-refractivity contribution in [2.75, 3.05) is 11.5 Å². The molecule has 0 aliphatic carbocycles. The third-order valence-electron chi connectivity index (χ3n) is 3.17. The first-order valence-electron chi connectivity index (χ1n) is 6.60. The van der Waals surface area contributed by atoms with E-state index in [1.807, 2.05) is 18.2 Å². The maximum Gasteiger partial charge on any atom is 0.119 e. The standard InChI is InChI=1S/C17H19IO2/c1-13-6-8-15(9-7-13)17(11-18)20-12-14-4-3-5-16(10-14)19-2/h3-10,17H,11-12H2,1-2H3. The zero-order chi connectivity index (χ0) is 14.4. The second-order valence-corrected chi connectivity index (χ2v) is 5.60. The van der Waals surface area contributed by atoms with Crippen LogP contribution in [0.4, 0.5) is 0 Å². The predicted molar refractivity (Wildman–Crippen MR) is 90.6 cm³/mol. The molecule has 0 bridgehead atoms. The molecular formula is C17H19IO2. The molecule has 1 unspecified atom stereocenters. The third kappa shape index (κ3) is 4.21. The van der Waals surface area contributed by atoms with Crippen molar-refractivity contribution in [2.24, 2.45) is 0 Å². The topological polar surface area (TPSA) is 18.5 Å². The lowest BCUT2D eigenvalue weighted by molar-refractivity contribution is 0.0576. The summed E-state index contributed by atoms with van der Waals surface area (Å²) in [6.45, 7) is 2.69. The van der Waals surface area contributed by atoms with Gasteiger partial charge in [-0.1, -0.05) is 64.6 Å². The zero-order valence-corrected chi connectivity index (χ0v) is 14.0. The molecule has 0 radical (unpaired) electrons. The molecule has 0 aliphatic heterocycles. The van der Waals surface area contributed by atoms with Crippen LogP contribution in [0.3, 0.4) is 0 Å². The van der Waals surface area contributed by atoms with Gasteiger partial charge in [-0.15, -0.1) is 0 Å². The van der Waals surface area contributed by atoms with Crippen molar-refractivity contribution in [1.29, 1.82) is 0 Å². The van der Waals surface area contributed by atoms with Crippen LogP contribution < -0.4 is 4.74 Å². The van der Waals surface area contributed by atoms with Crippen LogP contribution in [0, 0.1) is 6.92 Å².